The number of rotatable bonds is 2. The van der Waals surface area contributed by atoms with Gasteiger partial charge in [-0.15, -0.1) is 0 Å². The summed E-state index contributed by atoms with van der Waals surface area (Å²) in [4.78, 5) is 16.2. The number of carbonyl (C=O) groups is 1. The van der Waals surface area contributed by atoms with Crippen molar-refractivity contribution in [2.45, 2.75) is 25.3 Å². The van der Waals surface area contributed by atoms with Gasteiger partial charge in [-0.05, 0) is 43.0 Å². The lowest BCUT2D eigenvalue weighted by Crippen LogP contribution is -2.43. The number of benzene rings is 1. The maximum atomic E-state index is 12.8. The first-order chi connectivity index (χ1) is 11.3. The van der Waals surface area contributed by atoms with Gasteiger partial charge >= 0.3 is 0 Å². The number of amides is 1. The van der Waals surface area contributed by atoms with Crippen LogP contribution in [0.1, 0.15) is 18.4 Å². The molecular formula is C17H16N4O2. The lowest BCUT2D eigenvalue weighted by atomic mass is 10.1. The van der Waals surface area contributed by atoms with Gasteiger partial charge in [0, 0.05) is 30.4 Å². The molecule has 1 aromatic heterocycles. The fourth-order valence-corrected chi connectivity index (χ4v) is 3.47. The van der Waals surface area contributed by atoms with Gasteiger partial charge in [-0.2, -0.15) is 5.26 Å². The van der Waals surface area contributed by atoms with E-state index in [9.17, 15) is 4.79 Å². The highest BCUT2D eigenvalue weighted by molar-refractivity contribution is 5.99. The SMILES string of the molecule is N#CN1CCC[C@H]1C(=O)N1CCc2cc(-c3ccno3)ccc21. The minimum absolute atomic E-state index is 0.0372. The lowest BCUT2D eigenvalue weighted by molar-refractivity contribution is -0.121. The van der Waals surface area contributed by atoms with Gasteiger partial charge in [0.05, 0.1) is 6.20 Å². The summed E-state index contributed by atoms with van der Waals surface area (Å²) in [6.45, 7) is 1.35. The predicted molar refractivity (Wildman–Crippen MR) is 83.3 cm³/mol. The number of carbonyl (C=O) groups excluding carboxylic acids is 1. The number of nitriles is 1. The zero-order valence-electron chi connectivity index (χ0n) is 12.6. The van der Waals surface area contributed by atoms with Crippen LogP contribution in [-0.2, 0) is 11.2 Å². The zero-order valence-corrected chi connectivity index (χ0v) is 12.6. The molecule has 23 heavy (non-hydrogen) atoms. The molecule has 0 spiro atoms. The summed E-state index contributed by atoms with van der Waals surface area (Å²) in [5, 5.41) is 12.9. The fraction of sp³-hybridized carbons (Fsp3) is 0.353. The zero-order chi connectivity index (χ0) is 15.8. The number of aromatic nitrogens is 1. The van der Waals surface area contributed by atoms with Gasteiger partial charge in [0.1, 0.15) is 6.04 Å². The molecule has 1 aromatic carbocycles. The predicted octanol–water partition coefficient (Wildman–Crippen LogP) is 2.18. The second-order valence-corrected chi connectivity index (χ2v) is 5.91. The van der Waals surface area contributed by atoms with Crippen molar-refractivity contribution in [3.63, 3.8) is 0 Å². The summed E-state index contributed by atoms with van der Waals surface area (Å²) >= 11 is 0. The summed E-state index contributed by atoms with van der Waals surface area (Å²) in [7, 11) is 0. The van der Waals surface area contributed by atoms with Crippen LogP contribution in [0.3, 0.4) is 0 Å². The van der Waals surface area contributed by atoms with E-state index in [1.165, 1.54) is 0 Å². The Balaban J connectivity index is 1.61. The first kappa shape index (κ1) is 13.8. The van der Waals surface area contributed by atoms with E-state index in [1.54, 1.807) is 11.1 Å². The van der Waals surface area contributed by atoms with Gasteiger partial charge < -0.3 is 9.42 Å². The van der Waals surface area contributed by atoms with Crippen LogP contribution in [0.5, 0.6) is 0 Å². The quantitative estimate of drug-likeness (QED) is 0.795. The van der Waals surface area contributed by atoms with Gasteiger partial charge in [-0.1, -0.05) is 5.16 Å². The molecule has 1 atom stereocenters. The van der Waals surface area contributed by atoms with E-state index in [0.717, 1.165) is 41.8 Å². The van der Waals surface area contributed by atoms with Gasteiger partial charge in [-0.3, -0.25) is 9.69 Å². The van der Waals surface area contributed by atoms with Crippen molar-refractivity contribution >= 4 is 11.6 Å². The molecule has 0 N–H and O–H groups in total. The largest absolute Gasteiger partial charge is 0.356 e. The Morgan fingerprint density at radius 1 is 1.35 bits per heavy atom. The summed E-state index contributed by atoms with van der Waals surface area (Å²) < 4.78 is 5.19. The molecule has 116 valence electrons. The lowest BCUT2D eigenvalue weighted by Gasteiger charge is -2.24. The van der Waals surface area contributed by atoms with Gasteiger partial charge in [-0.25, -0.2) is 0 Å². The molecule has 1 fully saturated rings. The van der Waals surface area contributed by atoms with Crippen molar-refractivity contribution in [2.24, 2.45) is 0 Å². The minimum atomic E-state index is -0.306. The molecule has 1 saturated heterocycles. The molecule has 2 aliphatic heterocycles. The van der Waals surface area contributed by atoms with Crippen molar-refractivity contribution in [3.8, 4) is 17.5 Å². The molecule has 2 aliphatic rings. The molecular weight excluding hydrogens is 292 g/mol. The molecule has 0 aliphatic carbocycles. The van der Waals surface area contributed by atoms with E-state index in [-0.39, 0.29) is 11.9 Å². The first-order valence-electron chi connectivity index (χ1n) is 7.79. The smallest absolute Gasteiger partial charge is 0.250 e. The van der Waals surface area contributed by atoms with Crippen LogP contribution in [0.25, 0.3) is 11.3 Å². The van der Waals surface area contributed by atoms with Crippen LogP contribution in [0.15, 0.2) is 35.0 Å². The van der Waals surface area contributed by atoms with E-state index in [2.05, 4.69) is 17.4 Å². The summed E-state index contributed by atoms with van der Waals surface area (Å²) in [6, 6.07) is 7.48. The second-order valence-electron chi connectivity index (χ2n) is 5.91. The van der Waals surface area contributed by atoms with Gasteiger partial charge in [0.2, 0.25) is 5.91 Å². The molecule has 6 heteroatoms. The molecule has 1 amide bonds. The van der Waals surface area contributed by atoms with E-state index in [1.807, 2.05) is 23.1 Å². The molecule has 0 radical (unpaired) electrons. The van der Waals surface area contributed by atoms with Gasteiger partial charge in [0.25, 0.3) is 0 Å². The van der Waals surface area contributed by atoms with Crippen LogP contribution in [0.4, 0.5) is 5.69 Å². The number of likely N-dealkylation sites (tertiary alicyclic amines) is 1. The van der Waals surface area contributed by atoms with Crippen LogP contribution in [0.2, 0.25) is 0 Å². The second kappa shape index (κ2) is 5.43. The highest BCUT2D eigenvalue weighted by Crippen LogP contribution is 2.33. The normalized spacial score (nSPS) is 19.7. The maximum Gasteiger partial charge on any atom is 0.250 e. The minimum Gasteiger partial charge on any atom is -0.356 e. The van der Waals surface area contributed by atoms with Crippen LogP contribution in [0, 0.1) is 11.5 Å². The molecule has 6 nitrogen and oxygen atoms in total. The third-order valence-electron chi connectivity index (χ3n) is 4.63. The number of nitrogens with zero attached hydrogens (tertiary/aromatic N) is 4. The van der Waals surface area contributed by atoms with E-state index >= 15 is 0 Å². The molecule has 0 unspecified atom stereocenters. The average molecular weight is 308 g/mol. The highest BCUT2D eigenvalue weighted by Gasteiger charge is 2.36. The monoisotopic (exact) mass is 308 g/mol. The van der Waals surface area contributed by atoms with Crippen molar-refractivity contribution in [2.75, 3.05) is 18.0 Å². The van der Waals surface area contributed by atoms with Crippen LogP contribution in [-0.4, -0.2) is 35.1 Å². The number of fused-ring (bicyclic) bond motifs is 1. The molecule has 4 rings (SSSR count). The third kappa shape index (κ3) is 2.25. The molecule has 0 bridgehead atoms. The Kier molecular flexibility index (Phi) is 3.27. The standard InChI is InChI=1S/C17H16N4O2/c18-11-20-8-1-2-15(20)17(22)21-9-6-12-10-13(3-4-14(12)21)16-5-7-19-23-16/h3-5,7,10,15H,1-2,6,8-9H2/t15-/m0/s1. The van der Waals surface area contributed by atoms with Crippen molar-refractivity contribution in [3.05, 3.63) is 36.0 Å². The third-order valence-corrected chi connectivity index (χ3v) is 4.63. The fourth-order valence-electron chi connectivity index (χ4n) is 3.47. The number of anilines is 1. The van der Waals surface area contributed by atoms with Crippen molar-refractivity contribution in [1.82, 2.24) is 10.1 Å². The van der Waals surface area contributed by atoms with Gasteiger partial charge in [0.15, 0.2) is 12.0 Å². The van der Waals surface area contributed by atoms with Crippen LogP contribution < -0.4 is 4.90 Å². The van der Waals surface area contributed by atoms with E-state index < -0.39 is 0 Å². The molecule has 0 saturated carbocycles. The van der Waals surface area contributed by atoms with E-state index in [4.69, 9.17) is 9.78 Å². The molecule has 3 heterocycles. The summed E-state index contributed by atoms with van der Waals surface area (Å²) in [6.07, 6.45) is 6.23. The molecule has 2 aromatic rings. The summed E-state index contributed by atoms with van der Waals surface area (Å²) in [5.74, 6) is 0.763. The Bertz CT molecular complexity index is 778. The first-order valence-corrected chi connectivity index (χ1v) is 7.79. The Morgan fingerprint density at radius 2 is 2.26 bits per heavy atom. The van der Waals surface area contributed by atoms with Crippen molar-refractivity contribution in [1.29, 1.82) is 5.26 Å². The Labute approximate surface area is 133 Å². The maximum absolute atomic E-state index is 12.8. The topological polar surface area (TPSA) is 73.4 Å². The Morgan fingerprint density at radius 3 is 3.04 bits per heavy atom. The van der Waals surface area contributed by atoms with Crippen molar-refractivity contribution < 1.29 is 9.32 Å². The summed E-state index contributed by atoms with van der Waals surface area (Å²) in [5.41, 5.74) is 3.05. The average Bonchev–Trinajstić information content (AvgIpc) is 3.32. The highest BCUT2D eigenvalue weighted by atomic mass is 16.5. The number of hydrogen-bond donors (Lipinski definition) is 0. The Hall–Kier alpha value is -2.81. The van der Waals surface area contributed by atoms with E-state index in [0.29, 0.717) is 13.1 Å². The number of hydrogen-bond acceptors (Lipinski definition) is 5. The van der Waals surface area contributed by atoms with Crippen LogP contribution >= 0.6 is 0 Å².